The number of fused-ring (bicyclic) bond motifs is 3. The summed E-state index contributed by atoms with van der Waals surface area (Å²) in [5, 5.41) is 2.10. The van der Waals surface area contributed by atoms with E-state index >= 15 is 0 Å². The Hall–Kier alpha value is -2.40. The van der Waals surface area contributed by atoms with Crippen LogP contribution in [0.5, 0.6) is 0 Å². The van der Waals surface area contributed by atoms with Gasteiger partial charge in [-0.05, 0) is 25.0 Å². The topological polar surface area (TPSA) is 64.2 Å². The largest absolute Gasteiger partial charge is 0.461 e. The summed E-state index contributed by atoms with van der Waals surface area (Å²) in [6.45, 7) is 2.64. The van der Waals surface area contributed by atoms with E-state index in [2.05, 4.69) is 9.97 Å². The zero-order valence-corrected chi connectivity index (χ0v) is 12.7. The first kappa shape index (κ1) is 14.5. The highest BCUT2D eigenvalue weighted by Gasteiger charge is 2.19. The number of rotatable bonds is 5. The van der Waals surface area contributed by atoms with E-state index in [1.165, 1.54) is 0 Å². The van der Waals surface area contributed by atoms with Gasteiger partial charge in [0, 0.05) is 23.4 Å². The second-order valence-corrected chi connectivity index (χ2v) is 5.01. The first-order valence-electron chi connectivity index (χ1n) is 7.30. The molecule has 2 aromatic heterocycles. The van der Waals surface area contributed by atoms with Crippen LogP contribution in [0.4, 0.5) is 0 Å². The molecule has 0 saturated heterocycles. The molecule has 22 heavy (non-hydrogen) atoms. The predicted molar refractivity (Wildman–Crippen MR) is 85.1 cm³/mol. The number of benzene rings is 1. The Kier molecular flexibility index (Phi) is 4.06. The minimum absolute atomic E-state index is 0.330. The van der Waals surface area contributed by atoms with Crippen molar-refractivity contribution in [2.75, 3.05) is 20.3 Å². The number of carbonyl (C=O) groups is 1. The average Bonchev–Trinajstić information content (AvgIpc) is 2.91. The highest BCUT2D eigenvalue weighted by molar-refractivity contribution is 6.11. The molecule has 3 rings (SSSR count). The number of pyridine rings is 1. The number of H-pyrrole nitrogens is 1. The molecule has 0 bridgehead atoms. The lowest BCUT2D eigenvalue weighted by Gasteiger charge is -2.09. The third-order valence-corrected chi connectivity index (χ3v) is 3.67. The zero-order valence-electron chi connectivity index (χ0n) is 12.7. The van der Waals surface area contributed by atoms with E-state index in [-0.39, 0.29) is 5.97 Å². The molecule has 114 valence electrons. The van der Waals surface area contributed by atoms with Crippen molar-refractivity contribution in [2.24, 2.45) is 0 Å². The molecule has 1 N–H and O–H groups in total. The van der Waals surface area contributed by atoms with E-state index in [1.54, 1.807) is 20.2 Å². The van der Waals surface area contributed by atoms with Gasteiger partial charge in [0.2, 0.25) is 0 Å². The molecule has 0 amide bonds. The molecule has 0 atom stereocenters. The van der Waals surface area contributed by atoms with Gasteiger partial charge in [0.25, 0.3) is 0 Å². The summed E-state index contributed by atoms with van der Waals surface area (Å²) in [5.41, 5.74) is 3.19. The molecular weight excluding hydrogens is 280 g/mol. The Morgan fingerprint density at radius 3 is 2.86 bits per heavy atom. The van der Waals surface area contributed by atoms with Gasteiger partial charge >= 0.3 is 5.97 Å². The molecule has 0 aliphatic heterocycles. The third kappa shape index (κ3) is 2.44. The van der Waals surface area contributed by atoms with Crippen LogP contribution in [0.15, 0.2) is 30.5 Å². The molecular formula is C17H18N2O3. The molecule has 2 heterocycles. The van der Waals surface area contributed by atoms with Crippen LogP contribution in [-0.4, -0.2) is 36.3 Å². The van der Waals surface area contributed by atoms with Crippen molar-refractivity contribution in [3.05, 3.63) is 41.7 Å². The summed E-state index contributed by atoms with van der Waals surface area (Å²) in [6.07, 6.45) is 2.30. The standard InChI is InChI=1S/C17H18N2O3/c1-3-22-17(20)16-12(8-9-21-2)15-11-6-4-5-7-13(11)19-14(15)10-18-16/h4-7,10,19H,3,8-9H2,1-2H3. The first-order valence-corrected chi connectivity index (χ1v) is 7.30. The second-order valence-electron chi connectivity index (χ2n) is 5.01. The Morgan fingerprint density at radius 1 is 1.27 bits per heavy atom. The molecule has 0 aliphatic carbocycles. The fourth-order valence-corrected chi connectivity index (χ4v) is 2.73. The Balaban J connectivity index is 2.27. The van der Waals surface area contributed by atoms with E-state index in [0.29, 0.717) is 25.3 Å². The van der Waals surface area contributed by atoms with Crippen molar-refractivity contribution in [3.8, 4) is 0 Å². The summed E-state index contributed by atoms with van der Waals surface area (Å²) in [6, 6.07) is 8.02. The zero-order chi connectivity index (χ0) is 15.5. The summed E-state index contributed by atoms with van der Waals surface area (Å²) in [4.78, 5) is 19.8. The lowest BCUT2D eigenvalue weighted by molar-refractivity contribution is 0.0518. The van der Waals surface area contributed by atoms with Crippen molar-refractivity contribution in [3.63, 3.8) is 0 Å². The summed E-state index contributed by atoms with van der Waals surface area (Å²) in [7, 11) is 1.65. The van der Waals surface area contributed by atoms with Gasteiger partial charge in [-0.1, -0.05) is 18.2 Å². The maximum atomic E-state index is 12.2. The van der Waals surface area contributed by atoms with Gasteiger partial charge in [-0.25, -0.2) is 9.78 Å². The fourth-order valence-electron chi connectivity index (χ4n) is 2.73. The summed E-state index contributed by atoms with van der Waals surface area (Å²) < 4.78 is 10.3. The predicted octanol–water partition coefficient (Wildman–Crippen LogP) is 3.08. The van der Waals surface area contributed by atoms with Gasteiger partial charge < -0.3 is 14.5 Å². The lowest BCUT2D eigenvalue weighted by atomic mass is 10.0. The molecule has 0 spiro atoms. The second kappa shape index (κ2) is 6.15. The molecule has 0 saturated carbocycles. The number of aromatic nitrogens is 2. The van der Waals surface area contributed by atoms with Gasteiger partial charge in [-0.15, -0.1) is 0 Å². The number of nitrogens with one attached hydrogen (secondary N) is 1. The van der Waals surface area contributed by atoms with Crippen molar-refractivity contribution in [2.45, 2.75) is 13.3 Å². The summed E-state index contributed by atoms with van der Waals surface area (Å²) >= 11 is 0. The number of para-hydroxylation sites is 1. The van der Waals surface area contributed by atoms with Gasteiger partial charge in [-0.3, -0.25) is 0 Å². The van der Waals surface area contributed by atoms with Crippen LogP contribution in [-0.2, 0) is 15.9 Å². The average molecular weight is 298 g/mol. The third-order valence-electron chi connectivity index (χ3n) is 3.67. The van der Waals surface area contributed by atoms with Gasteiger partial charge in [0.05, 0.1) is 24.9 Å². The smallest absolute Gasteiger partial charge is 0.357 e. The normalized spacial score (nSPS) is 11.2. The number of aromatic amines is 1. The number of hydrogen-bond acceptors (Lipinski definition) is 4. The van der Waals surface area contributed by atoms with Crippen LogP contribution in [0.3, 0.4) is 0 Å². The van der Waals surface area contributed by atoms with E-state index < -0.39 is 0 Å². The van der Waals surface area contributed by atoms with Crippen LogP contribution in [0.25, 0.3) is 21.8 Å². The Morgan fingerprint density at radius 2 is 2.09 bits per heavy atom. The fraction of sp³-hybridized carbons (Fsp3) is 0.294. The molecule has 3 aromatic rings. The van der Waals surface area contributed by atoms with E-state index in [9.17, 15) is 4.79 Å². The van der Waals surface area contributed by atoms with Crippen molar-refractivity contribution >= 4 is 27.8 Å². The number of hydrogen-bond donors (Lipinski definition) is 1. The van der Waals surface area contributed by atoms with Gasteiger partial charge in [0.15, 0.2) is 5.69 Å². The Bertz CT molecular complexity index is 823. The van der Waals surface area contributed by atoms with Crippen LogP contribution in [0.2, 0.25) is 0 Å². The van der Waals surface area contributed by atoms with E-state index in [0.717, 1.165) is 27.4 Å². The molecule has 0 aliphatic rings. The lowest BCUT2D eigenvalue weighted by Crippen LogP contribution is -2.12. The molecule has 5 nitrogen and oxygen atoms in total. The number of esters is 1. The minimum Gasteiger partial charge on any atom is -0.461 e. The highest BCUT2D eigenvalue weighted by atomic mass is 16.5. The number of methoxy groups -OCH3 is 1. The maximum Gasteiger partial charge on any atom is 0.357 e. The number of ether oxygens (including phenoxy) is 2. The molecule has 0 unspecified atom stereocenters. The van der Waals surface area contributed by atoms with Crippen LogP contribution < -0.4 is 0 Å². The quantitative estimate of drug-likeness (QED) is 0.735. The SMILES string of the molecule is CCOC(=O)c1ncc2[nH]c3ccccc3c2c1CCOC. The van der Waals surface area contributed by atoms with Gasteiger partial charge in [-0.2, -0.15) is 0 Å². The van der Waals surface area contributed by atoms with Gasteiger partial charge in [0.1, 0.15) is 0 Å². The van der Waals surface area contributed by atoms with E-state index in [1.807, 2.05) is 24.3 Å². The van der Waals surface area contributed by atoms with Crippen molar-refractivity contribution < 1.29 is 14.3 Å². The molecule has 5 heteroatoms. The number of nitrogens with zero attached hydrogens (tertiary/aromatic N) is 1. The van der Waals surface area contributed by atoms with Crippen LogP contribution >= 0.6 is 0 Å². The van der Waals surface area contributed by atoms with E-state index in [4.69, 9.17) is 9.47 Å². The van der Waals surface area contributed by atoms with Crippen molar-refractivity contribution in [1.82, 2.24) is 9.97 Å². The van der Waals surface area contributed by atoms with Crippen LogP contribution in [0, 0.1) is 0 Å². The summed E-state index contributed by atoms with van der Waals surface area (Å²) in [5.74, 6) is -0.388. The maximum absolute atomic E-state index is 12.2. The Labute approximate surface area is 128 Å². The van der Waals surface area contributed by atoms with Crippen molar-refractivity contribution in [1.29, 1.82) is 0 Å². The molecule has 1 aromatic carbocycles. The molecule has 0 radical (unpaired) electrons. The minimum atomic E-state index is -0.388. The van der Waals surface area contributed by atoms with Crippen LogP contribution in [0.1, 0.15) is 23.0 Å². The molecule has 0 fully saturated rings. The monoisotopic (exact) mass is 298 g/mol. The first-order chi connectivity index (χ1) is 10.8. The number of carbonyl (C=O) groups excluding carboxylic acids is 1. The highest BCUT2D eigenvalue weighted by Crippen LogP contribution is 2.30.